The lowest BCUT2D eigenvalue weighted by molar-refractivity contribution is -0.128. The van der Waals surface area contributed by atoms with E-state index in [-0.39, 0.29) is 30.2 Å². The number of ether oxygens (including phenoxy) is 1. The molecular weight excluding hydrogens is 301 g/mol. The van der Waals surface area contributed by atoms with Crippen molar-refractivity contribution in [1.29, 1.82) is 0 Å². The van der Waals surface area contributed by atoms with Crippen molar-refractivity contribution in [2.45, 2.75) is 31.5 Å². The van der Waals surface area contributed by atoms with Crippen molar-refractivity contribution in [2.24, 2.45) is 5.73 Å². The van der Waals surface area contributed by atoms with E-state index in [0.717, 1.165) is 18.4 Å². The minimum absolute atomic E-state index is 0.00407. The van der Waals surface area contributed by atoms with Gasteiger partial charge in [0.25, 0.3) is 0 Å². The van der Waals surface area contributed by atoms with Crippen LogP contribution < -0.4 is 5.73 Å². The fourth-order valence-electron chi connectivity index (χ4n) is 2.08. The lowest BCUT2D eigenvalue weighted by Gasteiger charge is -2.12. The van der Waals surface area contributed by atoms with Gasteiger partial charge in [-0.3, -0.25) is 4.79 Å². The number of halogens is 2. The third-order valence-corrected chi connectivity index (χ3v) is 3.85. The maximum absolute atomic E-state index is 12.9. The number of ketones is 1. The van der Waals surface area contributed by atoms with E-state index in [9.17, 15) is 9.18 Å². The fraction of sp³-hybridized carbons (Fsp3) is 0.462. The number of carbonyl (C=O) groups is 1. The third-order valence-electron chi connectivity index (χ3n) is 3.11. The molecule has 0 amide bonds. The van der Waals surface area contributed by atoms with Crippen molar-refractivity contribution in [2.75, 3.05) is 6.54 Å². The Morgan fingerprint density at radius 2 is 2.28 bits per heavy atom. The fourth-order valence-corrected chi connectivity index (χ4v) is 2.57. The molecule has 1 heterocycles. The van der Waals surface area contributed by atoms with Crippen LogP contribution in [0.4, 0.5) is 4.39 Å². The van der Waals surface area contributed by atoms with Gasteiger partial charge in [-0.15, -0.1) is 0 Å². The Kier molecular flexibility index (Phi) is 4.48. The molecule has 1 aliphatic heterocycles. The summed E-state index contributed by atoms with van der Waals surface area (Å²) < 4.78 is 19.1. The molecule has 0 saturated carbocycles. The maximum Gasteiger partial charge on any atom is 0.165 e. The molecule has 98 valence electrons. The second-order valence-corrected chi connectivity index (χ2v) is 5.29. The summed E-state index contributed by atoms with van der Waals surface area (Å²) in [6.45, 7) is 0.448. The quantitative estimate of drug-likeness (QED) is 0.926. The lowest BCUT2D eigenvalue weighted by Crippen LogP contribution is -2.26. The first-order chi connectivity index (χ1) is 8.60. The van der Waals surface area contributed by atoms with Gasteiger partial charge in [-0.2, -0.15) is 0 Å². The van der Waals surface area contributed by atoms with Gasteiger partial charge in [0.2, 0.25) is 0 Å². The number of nitrogens with two attached hydrogens (primary N) is 1. The van der Waals surface area contributed by atoms with Crippen LogP contribution in [0.3, 0.4) is 0 Å². The number of carbonyl (C=O) groups excluding carboxylic acids is 1. The molecule has 2 atom stereocenters. The summed E-state index contributed by atoms with van der Waals surface area (Å²) in [5.74, 6) is -0.295. The Bertz CT molecular complexity index is 453. The average molecular weight is 316 g/mol. The lowest BCUT2D eigenvalue weighted by atomic mass is 10.0. The van der Waals surface area contributed by atoms with Crippen LogP contribution in [0.1, 0.15) is 18.4 Å². The molecule has 0 spiro atoms. The van der Waals surface area contributed by atoms with E-state index >= 15 is 0 Å². The van der Waals surface area contributed by atoms with Crippen LogP contribution in [0.5, 0.6) is 0 Å². The van der Waals surface area contributed by atoms with Gasteiger partial charge in [0.1, 0.15) is 11.9 Å². The largest absolute Gasteiger partial charge is 0.366 e. The molecule has 1 aromatic rings. The molecule has 18 heavy (non-hydrogen) atoms. The van der Waals surface area contributed by atoms with Crippen molar-refractivity contribution in [1.82, 2.24) is 0 Å². The number of hydrogen-bond donors (Lipinski definition) is 1. The molecule has 2 rings (SSSR count). The number of Topliss-reactive ketones (excluding diaryl/α,β-unsaturated/α-hetero) is 1. The van der Waals surface area contributed by atoms with Crippen molar-refractivity contribution in [3.63, 3.8) is 0 Å². The first-order valence-electron chi connectivity index (χ1n) is 5.92. The minimum Gasteiger partial charge on any atom is -0.366 e. The summed E-state index contributed by atoms with van der Waals surface area (Å²) in [6.07, 6.45) is 1.44. The highest BCUT2D eigenvalue weighted by atomic mass is 79.9. The summed E-state index contributed by atoms with van der Waals surface area (Å²) in [5.41, 5.74) is 6.28. The third kappa shape index (κ3) is 3.16. The first-order valence-corrected chi connectivity index (χ1v) is 6.71. The molecule has 1 aliphatic rings. The van der Waals surface area contributed by atoms with Gasteiger partial charge in [-0.05, 0) is 30.5 Å². The van der Waals surface area contributed by atoms with Crippen LogP contribution in [0, 0.1) is 5.82 Å². The highest BCUT2D eigenvalue weighted by molar-refractivity contribution is 9.10. The topological polar surface area (TPSA) is 52.3 Å². The van der Waals surface area contributed by atoms with Gasteiger partial charge < -0.3 is 10.5 Å². The first kappa shape index (κ1) is 13.6. The summed E-state index contributed by atoms with van der Waals surface area (Å²) in [4.78, 5) is 12.0. The molecule has 3 nitrogen and oxygen atoms in total. The Morgan fingerprint density at radius 3 is 2.89 bits per heavy atom. The second-order valence-electron chi connectivity index (χ2n) is 4.44. The highest BCUT2D eigenvalue weighted by Gasteiger charge is 2.29. The molecule has 2 unspecified atom stereocenters. The molecule has 0 bridgehead atoms. The van der Waals surface area contributed by atoms with E-state index in [0.29, 0.717) is 11.0 Å². The number of rotatable bonds is 4. The Balaban J connectivity index is 1.99. The molecule has 2 N–H and O–H groups in total. The normalized spacial score (nSPS) is 23.3. The van der Waals surface area contributed by atoms with Crippen LogP contribution in [-0.2, 0) is 16.0 Å². The van der Waals surface area contributed by atoms with E-state index < -0.39 is 0 Å². The van der Waals surface area contributed by atoms with Crippen LogP contribution in [0.15, 0.2) is 22.7 Å². The van der Waals surface area contributed by atoms with E-state index in [1.54, 1.807) is 6.07 Å². The van der Waals surface area contributed by atoms with E-state index in [1.807, 2.05) is 0 Å². The summed E-state index contributed by atoms with van der Waals surface area (Å²) in [5, 5.41) is 0. The van der Waals surface area contributed by atoms with E-state index in [1.165, 1.54) is 12.1 Å². The van der Waals surface area contributed by atoms with E-state index in [2.05, 4.69) is 15.9 Å². The molecule has 0 radical (unpaired) electrons. The van der Waals surface area contributed by atoms with Crippen LogP contribution in [-0.4, -0.2) is 24.5 Å². The van der Waals surface area contributed by atoms with Crippen LogP contribution in [0.2, 0.25) is 0 Å². The highest BCUT2D eigenvalue weighted by Crippen LogP contribution is 2.23. The summed E-state index contributed by atoms with van der Waals surface area (Å²) >= 11 is 3.26. The predicted molar refractivity (Wildman–Crippen MR) is 69.8 cm³/mol. The Hall–Kier alpha value is -0.780. The van der Waals surface area contributed by atoms with Crippen LogP contribution in [0.25, 0.3) is 0 Å². The zero-order valence-electron chi connectivity index (χ0n) is 9.86. The second kappa shape index (κ2) is 5.91. The van der Waals surface area contributed by atoms with Crippen LogP contribution >= 0.6 is 15.9 Å². The Labute approximate surface area is 114 Å². The van der Waals surface area contributed by atoms with Crippen molar-refractivity contribution < 1.29 is 13.9 Å². The summed E-state index contributed by atoms with van der Waals surface area (Å²) in [7, 11) is 0. The molecular formula is C13H15BrFNO2. The zero-order chi connectivity index (χ0) is 13.1. The van der Waals surface area contributed by atoms with Gasteiger partial charge >= 0.3 is 0 Å². The molecule has 1 saturated heterocycles. The van der Waals surface area contributed by atoms with Crippen molar-refractivity contribution >= 4 is 21.7 Å². The molecule has 5 heteroatoms. The van der Waals surface area contributed by atoms with E-state index in [4.69, 9.17) is 10.5 Å². The standard InChI is InChI=1S/C13H15BrFNO2/c14-11-6-9(15)2-1-8(11)5-12(17)13-4-3-10(7-16)18-13/h1-2,6,10,13H,3-5,7,16H2. The monoisotopic (exact) mass is 315 g/mol. The zero-order valence-corrected chi connectivity index (χ0v) is 11.5. The van der Waals surface area contributed by atoms with Gasteiger partial charge in [0.15, 0.2) is 5.78 Å². The molecule has 0 aromatic heterocycles. The van der Waals surface area contributed by atoms with Gasteiger partial charge in [-0.25, -0.2) is 4.39 Å². The number of hydrogen-bond acceptors (Lipinski definition) is 3. The van der Waals surface area contributed by atoms with Gasteiger partial charge in [-0.1, -0.05) is 22.0 Å². The van der Waals surface area contributed by atoms with Crippen molar-refractivity contribution in [3.05, 3.63) is 34.1 Å². The van der Waals surface area contributed by atoms with Gasteiger partial charge in [0.05, 0.1) is 6.10 Å². The SMILES string of the molecule is NCC1CCC(C(=O)Cc2ccc(F)cc2Br)O1. The molecule has 1 aromatic carbocycles. The van der Waals surface area contributed by atoms with Crippen molar-refractivity contribution in [3.8, 4) is 0 Å². The maximum atomic E-state index is 12.9. The Morgan fingerprint density at radius 1 is 1.50 bits per heavy atom. The predicted octanol–water partition coefficient (Wildman–Crippen LogP) is 2.21. The summed E-state index contributed by atoms with van der Waals surface area (Å²) in [6, 6.07) is 4.33. The molecule has 1 fully saturated rings. The smallest absolute Gasteiger partial charge is 0.165 e. The molecule has 0 aliphatic carbocycles. The number of benzene rings is 1. The minimum atomic E-state index is -0.365. The van der Waals surface area contributed by atoms with Gasteiger partial charge in [0, 0.05) is 17.4 Å². The average Bonchev–Trinajstić information content (AvgIpc) is 2.81.